The number of aliphatic carboxylic acids is 1. The number of carboxylic acid groups (broad SMARTS) is 1. The maximum atomic E-state index is 11.1. The maximum absolute atomic E-state index is 11.1. The smallest absolute Gasteiger partial charge is 1.00 e. The van der Waals surface area contributed by atoms with Crippen molar-refractivity contribution < 1.29 is 59.8 Å². The topological polar surface area (TPSA) is 104 Å². The molecule has 0 aliphatic rings. The molecule has 3 N–H and O–H groups in total. The quantitative estimate of drug-likeness (QED) is 0.311. The summed E-state index contributed by atoms with van der Waals surface area (Å²) in [5, 5.41) is 12.9. The number of hydrogen-bond acceptors (Lipinski definition) is 3. The second kappa shape index (κ2) is 11.6. The molecule has 0 aromatic heterocycles. The molecule has 0 saturated heterocycles. The molecule has 162 valence electrons. The summed E-state index contributed by atoms with van der Waals surface area (Å²) in [4.78, 5) is 28.5. The number of phosphoric acid groups is 1. The van der Waals surface area contributed by atoms with Gasteiger partial charge in [-0.1, -0.05) is 85.8 Å². The Kier molecular flexibility index (Phi) is 9.47. The molecule has 0 saturated carbocycles. The third-order valence-corrected chi connectivity index (χ3v) is 5.28. The number of phosphoric ester groups is 1. The molecule has 0 heterocycles. The van der Waals surface area contributed by atoms with E-state index in [1.807, 2.05) is 67.6 Å². The van der Waals surface area contributed by atoms with E-state index >= 15 is 0 Å². The van der Waals surface area contributed by atoms with E-state index in [4.69, 9.17) is 14.9 Å². The molecule has 0 bridgehead atoms. The Hall–Kier alpha value is -2.18. The Morgan fingerprint density at radius 1 is 0.906 bits per heavy atom. The van der Waals surface area contributed by atoms with Gasteiger partial charge in [0.15, 0.2) is 0 Å². The van der Waals surface area contributed by atoms with Crippen LogP contribution in [-0.2, 0) is 9.36 Å². The molecular weight excluding hydrogens is 438 g/mol. The summed E-state index contributed by atoms with van der Waals surface area (Å²) < 4.78 is 15.3. The van der Waals surface area contributed by atoms with Crippen LogP contribution in [0.25, 0.3) is 21.5 Å². The fraction of sp³-hybridized carbons (Fsp3) is 0.125. The minimum absolute atomic E-state index is 0. The van der Waals surface area contributed by atoms with Crippen molar-refractivity contribution in [3.8, 4) is 5.75 Å². The summed E-state index contributed by atoms with van der Waals surface area (Å²) in [7, 11) is -4.49. The predicted octanol–water partition coefficient (Wildman–Crippen LogP) is 2.85. The van der Waals surface area contributed by atoms with Gasteiger partial charge in [0.2, 0.25) is 0 Å². The monoisotopic (exact) mass is 462 g/mol. The molecular formula is C24H24NaO6P. The first-order valence-electron chi connectivity index (χ1n) is 9.73. The largest absolute Gasteiger partial charge is 1.00 e. The molecule has 0 radical (unpaired) electrons. The first-order chi connectivity index (χ1) is 14.8. The van der Waals surface area contributed by atoms with E-state index in [1.54, 1.807) is 18.2 Å². The summed E-state index contributed by atoms with van der Waals surface area (Å²) in [6.07, 6.45) is 0.619. The minimum Gasteiger partial charge on any atom is -1.00 e. The molecule has 0 amide bonds. The first kappa shape index (κ1) is 26.1. The second-order valence-electron chi connectivity index (χ2n) is 6.96. The van der Waals surface area contributed by atoms with Crippen LogP contribution in [-0.4, -0.2) is 20.9 Å². The van der Waals surface area contributed by atoms with Gasteiger partial charge in [0, 0.05) is 5.39 Å². The molecule has 6 nitrogen and oxygen atoms in total. The molecule has 0 aliphatic heterocycles. The van der Waals surface area contributed by atoms with Crippen molar-refractivity contribution in [2.45, 2.75) is 19.3 Å². The average molecular weight is 462 g/mol. The van der Waals surface area contributed by atoms with Crippen LogP contribution in [0.4, 0.5) is 0 Å². The van der Waals surface area contributed by atoms with Crippen LogP contribution >= 0.6 is 7.82 Å². The van der Waals surface area contributed by atoms with Gasteiger partial charge in [0.25, 0.3) is 0 Å². The Morgan fingerprint density at radius 2 is 1.50 bits per heavy atom. The molecule has 32 heavy (non-hydrogen) atoms. The van der Waals surface area contributed by atoms with Gasteiger partial charge in [-0.2, -0.15) is 0 Å². The molecule has 0 aliphatic carbocycles. The SMILES string of the molecule is CCC(C(=O)O)c1ccc2ccccc2c1.O=P(O)(O)Oc1cccc2ccccc12.[H-].[Na+]. The van der Waals surface area contributed by atoms with Crippen LogP contribution in [0.2, 0.25) is 0 Å². The van der Waals surface area contributed by atoms with Crippen LogP contribution in [0.1, 0.15) is 26.3 Å². The zero-order chi connectivity index (χ0) is 22.4. The Morgan fingerprint density at radius 3 is 2.12 bits per heavy atom. The maximum Gasteiger partial charge on any atom is 1.00 e. The summed E-state index contributed by atoms with van der Waals surface area (Å²) in [6.45, 7) is 1.90. The van der Waals surface area contributed by atoms with Crippen molar-refractivity contribution in [3.05, 3.63) is 90.5 Å². The second-order valence-corrected chi connectivity index (χ2v) is 8.13. The van der Waals surface area contributed by atoms with E-state index in [2.05, 4.69) is 4.52 Å². The number of carbonyl (C=O) groups is 1. The van der Waals surface area contributed by atoms with Gasteiger partial charge in [-0.05, 0) is 34.2 Å². The molecule has 1 unspecified atom stereocenters. The number of rotatable bonds is 5. The number of benzene rings is 4. The normalized spacial score (nSPS) is 11.7. The zero-order valence-corrected chi connectivity index (χ0v) is 20.8. The molecule has 8 heteroatoms. The number of fused-ring (bicyclic) bond motifs is 2. The average Bonchev–Trinajstić information content (AvgIpc) is 2.74. The van der Waals surface area contributed by atoms with E-state index < -0.39 is 19.7 Å². The van der Waals surface area contributed by atoms with Crippen LogP contribution < -0.4 is 34.1 Å². The van der Waals surface area contributed by atoms with E-state index in [0.717, 1.165) is 21.7 Å². The van der Waals surface area contributed by atoms with Crippen LogP contribution in [0.5, 0.6) is 5.75 Å². The third kappa shape index (κ3) is 6.91. The molecule has 0 spiro atoms. The van der Waals surface area contributed by atoms with Crippen molar-refractivity contribution in [1.82, 2.24) is 0 Å². The Bertz CT molecular complexity index is 1250. The summed E-state index contributed by atoms with van der Waals surface area (Å²) in [5.41, 5.74) is 0.883. The van der Waals surface area contributed by atoms with Crippen molar-refractivity contribution in [2.24, 2.45) is 0 Å². The summed E-state index contributed by atoms with van der Waals surface area (Å²) in [6, 6.07) is 26.1. The first-order valence-corrected chi connectivity index (χ1v) is 11.3. The van der Waals surface area contributed by atoms with Gasteiger partial charge in [-0.15, -0.1) is 0 Å². The van der Waals surface area contributed by atoms with Gasteiger partial charge in [-0.25, -0.2) is 4.57 Å². The molecule has 4 rings (SSSR count). The van der Waals surface area contributed by atoms with Gasteiger partial charge < -0.3 is 11.1 Å². The van der Waals surface area contributed by atoms with Gasteiger partial charge in [-0.3, -0.25) is 14.6 Å². The van der Waals surface area contributed by atoms with Crippen molar-refractivity contribution in [2.75, 3.05) is 0 Å². The van der Waals surface area contributed by atoms with Crippen LogP contribution in [0.3, 0.4) is 0 Å². The fourth-order valence-corrected chi connectivity index (χ4v) is 3.80. The van der Waals surface area contributed by atoms with E-state index in [9.17, 15) is 9.36 Å². The Balaban J connectivity index is 0.000000312. The summed E-state index contributed by atoms with van der Waals surface area (Å²) >= 11 is 0. The third-order valence-electron chi connectivity index (χ3n) is 4.85. The Labute approximate surface area is 209 Å². The fourth-order valence-electron chi connectivity index (χ4n) is 3.38. The van der Waals surface area contributed by atoms with Crippen molar-refractivity contribution >= 4 is 35.3 Å². The zero-order valence-electron chi connectivity index (χ0n) is 18.9. The van der Waals surface area contributed by atoms with Gasteiger partial charge in [0.1, 0.15) is 5.75 Å². The van der Waals surface area contributed by atoms with E-state index in [0.29, 0.717) is 11.8 Å². The van der Waals surface area contributed by atoms with Crippen LogP contribution in [0.15, 0.2) is 84.9 Å². The van der Waals surface area contributed by atoms with Gasteiger partial charge >= 0.3 is 43.3 Å². The van der Waals surface area contributed by atoms with Crippen molar-refractivity contribution in [3.63, 3.8) is 0 Å². The molecule has 0 fully saturated rings. The minimum atomic E-state index is -4.49. The molecule has 4 aromatic carbocycles. The standard InChI is InChI=1S/C14H14O2.C10H9O4P.Na.H/c1-2-13(14(15)16)12-8-7-10-5-3-4-6-11(10)9-12;11-15(12,13)14-10-7-3-5-8-4-1-2-6-9(8)10;;/h3-9,13H,2H2,1H3,(H,15,16);1-7H,(H2,11,12,13);;/q;;+1;-1. The van der Waals surface area contributed by atoms with E-state index in [-0.39, 0.29) is 36.7 Å². The molecule has 1 atom stereocenters. The van der Waals surface area contributed by atoms with E-state index in [1.165, 1.54) is 6.07 Å². The predicted molar refractivity (Wildman–Crippen MR) is 122 cm³/mol. The number of carboxylic acids is 1. The number of hydrogen-bond donors (Lipinski definition) is 3. The molecule has 4 aromatic rings. The van der Waals surface area contributed by atoms with Crippen molar-refractivity contribution in [1.29, 1.82) is 0 Å². The summed E-state index contributed by atoms with van der Waals surface area (Å²) in [5.74, 6) is -0.955. The van der Waals surface area contributed by atoms with Gasteiger partial charge in [0.05, 0.1) is 5.92 Å². The van der Waals surface area contributed by atoms with Crippen LogP contribution in [0, 0.1) is 0 Å².